The summed E-state index contributed by atoms with van der Waals surface area (Å²) in [4.78, 5) is 26.1. The molecule has 170 valence electrons. The van der Waals surface area contributed by atoms with Gasteiger partial charge in [0.05, 0.1) is 40.8 Å². The van der Waals surface area contributed by atoms with Crippen LogP contribution in [0.4, 0.5) is 30.2 Å². The molecule has 1 saturated carbocycles. The number of anilines is 2. The second kappa shape index (κ2) is 8.18. The molecule has 1 aromatic rings. The van der Waals surface area contributed by atoms with E-state index in [2.05, 4.69) is 10.6 Å². The van der Waals surface area contributed by atoms with Crippen molar-refractivity contribution in [2.75, 3.05) is 30.4 Å². The fourth-order valence-electron chi connectivity index (χ4n) is 4.87. The molecule has 4 rings (SSSR count). The number of carbonyl (C=O) groups excluding carboxylic acids is 1. The minimum absolute atomic E-state index is 0.0344. The topological polar surface area (TPSA) is 96.7 Å². The van der Waals surface area contributed by atoms with Crippen molar-refractivity contribution in [3.63, 3.8) is 0 Å². The number of benzene rings is 1. The lowest BCUT2D eigenvalue weighted by Crippen LogP contribution is -2.42. The lowest BCUT2D eigenvalue weighted by molar-refractivity contribution is -0.384. The van der Waals surface area contributed by atoms with E-state index in [1.807, 2.05) is 4.90 Å². The minimum Gasteiger partial charge on any atom is -0.383 e. The molecule has 2 atom stereocenters. The average Bonchev–Trinajstić information content (AvgIpc) is 3.36. The highest BCUT2D eigenvalue weighted by Gasteiger charge is 2.43. The summed E-state index contributed by atoms with van der Waals surface area (Å²) < 4.78 is 44.4. The van der Waals surface area contributed by atoms with Crippen molar-refractivity contribution in [1.82, 2.24) is 5.32 Å². The van der Waals surface area contributed by atoms with E-state index in [4.69, 9.17) is 4.74 Å². The molecule has 2 heterocycles. The summed E-state index contributed by atoms with van der Waals surface area (Å²) in [6, 6.07) is 2.56. The molecular formula is C20H25F3N4O4. The van der Waals surface area contributed by atoms with Crippen molar-refractivity contribution in [3.8, 4) is 0 Å². The SMILES string of the molecule is CNc1cc(N2C[C@@H]3C[C@H]2CO3)c(C(=O)NC2CCC(C(F)(F)F)CC2)cc1[N+](=O)[O-]. The summed E-state index contributed by atoms with van der Waals surface area (Å²) in [7, 11) is 1.57. The molecule has 3 fully saturated rings. The average molecular weight is 442 g/mol. The molecule has 2 saturated heterocycles. The van der Waals surface area contributed by atoms with Gasteiger partial charge in [-0.25, -0.2) is 0 Å². The fraction of sp³-hybridized carbons (Fsp3) is 0.650. The van der Waals surface area contributed by atoms with Crippen LogP contribution < -0.4 is 15.5 Å². The Bertz CT molecular complexity index is 871. The third-order valence-electron chi connectivity index (χ3n) is 6.56. The molecule has 2 bridgehead atoms. The van der Waals surface area contributed by atoms with E-state index in [0.717, 1.165) is 6.42 Å². The van der Waals surface area contributed by atoms with E-state index in [-0.39, 0.29) is 55.1 Å². The van der Waals surface area contributed by atoms with Crippen molar-refractivity contribution in [2.45, 2.75) is 56.5 Å². The molecule has 3 aliphatic rings. The van der Waals surface area contributed by atoms with Gasteiger partial charge in [0.1, 0.15) is 5.69 Å². The van der Waals surface area contributed by atoms with E-state index in [0.29, 0.717) is 24.5 Å². The van der Waals surface area contributed by atoms with Crippen LogP contribution in [-0.4, -0.2) is 55.4 Å². The van der Waals surface area contributed by atoms with Gasteiger partial charge in [-0.05, 0) is 38.2 Å². The molecule has 31 heavy (non-hydrogen) atoms. The third kappa shape index (κ3) is 4.28. The molecule has 1 aromatic carbocycles. The van der Waals surface area contributed by atoms with Crippen LogP contribution in [0.25, 0.3) is 0 Å². The highest BCUT2D eigenvalue weighted by molar-refractivity contribution is 6.02. The number of carbonyl (C=O) groups is 1. The number of nitrogens with one attached hydrogen (secondary N) is 2. The molecule has 2 N–H and O–H groups in total. The number of hydrogen-bond acceptors (Lipinski definition) is 6. The van der Waals surface area contributed by atoms with Gasteiger partial charge in [-0.1, -0.05) is 0 Å². The Balaban J connectivity index is 1.58. The van der Waals surface area contributed by atoms with Gasteiger partial charge >= 0.3 is 6.18 Å². The Morgan fingerprint density at radius 1 is 1.26 bits per heavy atom. The van der Waals surface area contributed by atoms with Gasteiger partial charge in [-0.15, -0.1) is 0 Å². The highest BCUT2D eigenvalue weighted by atomic mass is 19.4. The van der Waals surface area contributed by atoms with Gasteiger partial charge in [0, 0.05) is 25.7 Å². The zero-order chi connectivity index (χ0) is 22.3. The Morgan fingerprint density at radius 2 is 1.97 bits per heavy atom. The van der Waals surface area contributed by atoms with E-state index in [9.17, 15) is 28.1 Å². The van der Waals surface area contributed by atoms with Crippen LogP contribution >= 0.6 is 0 Å². The smallest absolute Gasteiger partial charge is 0.383 e. The number of rotatable bonds is 5. The maximum absolute atomic E-state index is 13.1. The number of halogens is 3. The zero-order valence-electron chi connectivity index (χ0n) is 17.1. The number of fused-ring (bicyclic) bond motifs is 2. The van der Waals surface area contributed by atoms with E-state index in [1.165, 1.54) is 6.07 Å². The van der Waals surface area contributed by atoms with Crippen LogP contribution in [0.2, 0.25) is 0 Å². The van der Waals surface area contributed by atoms with Gasteiger partial charge in [-0.2, -0.15) is 13.2 Å². The van der Waals surface area contributed by atoms with Gasteiger partial charge in [0.25, 0.3) is 11.6 Å². The standard InChI is InChI=1S/C20H25F3N4O4/c1-24-16-8-17(26-9-14-6-13(26)10-31-14)15(7-18(16)27(29)30)19(28)25-12-4-2-11(3-5-12)20(21,22)23/h7-8,11-14,24H,2-6,9-10H2,1H3,(H,25,28)/t11?,12?,13-,14-/m0/s1. The Labute approximate surface area is 177 Å². The van der Waals surface area contributed by atoms with Crippen LogP contribution in [0.1, 0.15) is 42.5 Å². The van der Waals surface area contributed by atoms with Gasteiger partial charge in [0.15, 0.2) is 0 Å². The molecule has 0 spiro atoms. The first kappa shape index (κ1) is 21.7. The molecule has 0 unspecified atom stereocenters. The van der Waals surface area contributed by atoms with Gasteiger partial charge in [0.2, 0.25) is 0 Å². The van der Waals surface area contributed by atoms with Gasteiger partial charge < -0.3 is 20.3 Å². The predicted molar refractivity (Wildman–Crippen MR) is 107 cm³/mol. The fourth-order valence-corrected chi connectivity index (χ4v) is 4.87. The maximum atomic E-state index is 13.1. The summed E-state index contributed by atoms with van der Waals surface area (Å²) in [5.41, 5.74) is 0.812. The molecule has 1 aliphatic carbocycles. The van der Waals surface area contributed by atoms with Crippen LogP contribution in [-0.2, 0) is 4.74 Å². The van der Waals surface area contributed by atoms with Crippen molar-refractivity contribution in [1.29, 1.82) is 0 Å². The van der Waals surface area contributed by atoms with Crippen molar-refractivity contribution < 1.29 is 27.6 Å². The predicted octanol–water partition coefficient (Wildman–Crippen LogP) is 3.46. The Kier molecular flexibility index (Phi) is 5.71. The first-order valence-corrected chi connectivity index (χ1v) is 10.4. The second-order valence-electron chi connectivity index (χ2n) is 8.45. The number of ether oxygens (including phenoxy) is 1. The minimum atomic E-state index is -4.22. The lowest BCUT2D eigenvalue weighted by atomic mass is 9.85. The molecule has 8 nitrogen and oxygen atoms in total. The van der Waals surface area contributed by atoms with Crippen LogP contribution in [0.15, 0.2) is 12.1 Å². The summed E-state index contributed by atoms with van der Waals surface area (Å²) in [6.07, 6.45) is -2.95. The van der Waals surface area contributed by atoms with E-state index >= 15 is 0 Å². The molecule has 11 heteroatoms. The normalized spacial score (nSPS) is 27.9. The number of amides is 1. The number of nitro groups is 1. The zero-order valence-corrected chi connectivity index (χ0v) is 17.1. The van der Waals surface area contributed by atoms with E-state index in [1.54, 1.807) is 13.1 Å². The van der Waals surface area contributed by atoms with Crippen molar-refractivity contribution in [3.05, 3.63) is 27.8 Å². The van der Waals surface area contributed by atoms with Crippen LogP contribution in [0.3, 0.4) is 0 Å². The molecule has 0 aromatic heterocycles. The third-order valence-corrected chi connectivity index (χ3v) is 6.56. The number of hydrogen-bond donors (Lipinski definition) is 2. The largest absolute Gasteiger partial charge is 0.391 e. The quantitative estimate of drug-likeness (QED) is 0.536. The summed E-state index contributed by atoms with van der Waals surface area (Å²) in [5, 5.41) is 17.2. The number of nitrogens with zero attached hydrogens (tertiary/aromatic N) is 2. The number of alkyl halides is 3. The molecule has 2 aliphatic heterocycles. The van der Waals surface area contributed by atoms with Crippen molar-refractivity contribution in [2.24, 2.45) is 5.92 Å². The number of nitro benzene ring substituents is 1. The first-order chi connectivity index (χ1) is 14.7. The number of morpholine rings is 1. The monoisotopic (exact) mass is 442 g/mol. The Morgan fingerprint density at radius 3 is 2.48 bits per heavy atom. The molecular weight excluding hydrogens is 417 g/mol. The summed E-state index contributed by atoms with van der Waals surface area (Å²) in [6.45, 7) is 1.11. The van der Waals surface area contributed by atoms with Crippen molar-refractivity contribution >= 4 is 23.0 Å². The molecule has 0 radical (unpaired) electrons. The second-order valence-corrected chi connectivity index (χ2v) is 8.45. The van der Waals surface area contributed by atoms with Crippen LogP contribution in [0.5, 0.6) is 0 Å². The first-order valence-electron chi connectivity index (χ1n) is 10.4. The summed E-state index contributed by atoms with van der Waals surface area (Å²) >= 11 is 0. The van der Waals surface area contributed by atoms with Crippen LogP contribution in [0, 0.1) is 16.0 Å². The van der Waals surface area contributed by atoms with E-state index < -0.39 is 22.9 Å². The maximum Gasteiger partial charge on any atom is 0.391 e. The molecule has 1 amide bonds. The lowest BCUT2D eigenvalue weighted by Gasteiger charge is -2.32. The highest BCUT2D eigenvalue weighted by Crippen LogP contribution is 2.40. The summed E-state index contributed by atoms with van der Waals surface area (Å²) in [5.74, 6) is -1.84. The Hall–Kier alpha value is -2.56. The van der Waals surface area contributed by atoms with Gasteiger partial charge in [-0.3, -0.25) is 14.9 Å².